The number of nitrogens with one attached hydrogen (secondary N) is 1. The molecule has 2 heterocycles. The van der Waals surface area contributed by atoms with Crippen LogP contribution in [0.15, 0.2) is 27.4 Å². The smallest absolute Gasteiger partial charge is 0.336 e. The van der Waals surface area contributed by atoms with Crippen molar-refractivity contribution in [2.45, 2.75) is 13.8 Å². The zero-order valence-corrected chi connectivity index (χ0v) is 15.2. The highest BCUT2D eigenvalue weighted by atomic mass is 16.5. The number of amides is 1. The van der Waals surface area contributed by atoms with Crippen LogP contribution in [-0.4, -0.2) is 56.8 Å². The van der Waals surface area contributed by atoms with Gasteiger partial charge in [-0.25, -0.2) is 4.79 Å². The molecule has 0 saturated carbocycles. The molecular formula is C19H24N2O5. The third kappa shape index (κ3) is 4.62. The number of morpholine rings is 1. The molecule has 3 rings (SSSR count). The first-order chi connectivity index (χ1) is 12.5. The van der Waals surface area contributed by atoms with Crippen LogP contribution < -0.4 is 15.7 Å². The normalized spacial score (nSPS) is 15.2. The summed E-state index contributed by atoms with van der Waals surface area (Å²) in [5, 5.41) is 3.59. The fourth-order valence-corrected chi connectivity index (χ4v) is 3.06. The second-order valence-electron chi connectivity index (χ2n) is 6.48. The molecule has 1 saturated heterocycles. The van der Waals surface area contributed by atoms with E-state index < -0.39 is 5.63 Å². The molecular weight excluding hydrogens is 336 g/mol. The van der Waals surface area contributed by atoms with Gasteiger partial charge in [0.05, 0.1) is 18.6 Å². The Morgan fingerprint density at radius 2 is 2.00 bits per heavy atom. The van der Waals surface area contributed by atoms with Crippen molar-refractivity contribution in [2.24, 2.45) is 0 Å². The molecule has 0 aliphatic carbocycles. The Morgan fingerprint density at radius 1 is 1.23 bits per heavy atom. The van der Waals surface area contributed by atoms with Crippen molar-refractivity contribution in [3.05, 3.63) is 39.7 Å². The van der Waals surface area contributed by atoms with Crippen molar-refractivity contribution < 1.29 is 18.7 Å². The van der Waals surface area contributed by atoms with Crippen LogP contribution in [0.4, 0.5) is 0 Å². The summed E-state index contributed by atoms with van der Waals surface area (Å²) in [6, 6.07) is 5.06. The van der Waals surface area contributed by atoms with E-state index >= 15 is 0 Å². The van der Waals surface area contributed by atoms with Gasteiger partial charge in [-0.15, -0.1) is 0 Å². The maximum atomic E-state index is 12.1. The summed E-state index contributed by atoms with van der Waals surface area (Å²) in [7, 11) is 0. The number of benzene rings is 1. The maximum absolute atomic E-state index is 12.1. The molecule has 7 nitrogen and oxygen atoms in total. The molecule has 0 spiro atoms. The van der Waals surface area contributed by atoms with Gasteiger partial charge in [-0.3, -0.25) is 9.69 Å². The van der Waals surface area contributed by atoms with Gasteiger partial charge in [0.2, 0.25) is 0 Å². The zero-order chi connectivity index (χ0) is 18.5. The van der Waals surface area contributed by atoms with E-state index in [4.69, 9.17) is 13.9 Å². The quantitative estimate of drug-likeness (QED) is 0.781. The van der Waals surface area contributed by atoms with Crippen molar-refractivity contribution in [3.63, 3.8) is 0 Å². The number of ether oxygens (including phenoxy) is 2. The van der Waals surface area contributed by atoms with Crippen molar-refractivity contribution in [2.75, 3.05) is 46.0 Å². The lowest BCUT2D eigenvalue weighted by atomic mass is 10.1. The average Bonchev–Trinajstić information content (AvgIpc) is 2.59. The SMILES string of the molecule is Cc1cc(OCC(=O)NCCN2CCOCC2)c2c(C)cc(=O)oc2c1. The van der Waals surface area contributed by atoms with Crippen LogP contribution in [0, 0.1) is 13.8 Å². The van der Waals surface area contributed by atoms with Crippen LogP contribution in [0.1, 0.15) is 11.1 Å². The number of hydrogen-bond acceptors (Lipinski definition) is 6. The minimum absolute atomic E-state index is 0.0831. The van der Waals surface area contributed by atoms with Crippen LogP contribution in [0.2, 0.25) is 0 Å². The van der Waals surface area contributed by atoms with Gasteiger partial charge in [-0.05, 0) is 37.1 Å². The lowest BCUT2D eigenvalue weighted by Crippen LogP contribution is -2.42. The van der Waals surface area contributed by atoms with E-state index in [1.165, 1.54) is 6.07 Å². The molecule has 1 amide bonds. The molecule has 1 fully saturated rings. The minimum Gasteiger partial charge on any atom is -0.483 e. The predicted molar refractivity (Wildman–Crippen MR) is 97.7 cm³/mol. The number of nitrogens with zero attached hydrogens (tertiary/aromatic N) is 1. The van der Waals surface area contributed by atoms with E-state index in [1.807, 2.05) is 19.9 Å². The van der Waals surface area contributed by atoms with Gasteiger partial charge in [0, 0.05) is 32.2 Å². The van der Waals surface area contributed by atoms with Gasteiger partial charge in [-0.2, -0.15) is 0 Å². The Balaban J connectivity index is 1.58. The first-order valence-electron chi connectivity index (χ1n) is 8.77. The summed E-state index contributed by atoms with van der Waals surface area (Å²) < 4.78 is 16.3. The third-order valence-corrected chi connectivity index (χ3v) is 4.36. The molecule has 0 atom stereocenters. The van der Waals surface area contributed by atoms with Crippen LogP contribution in [0.25, 0.3) is 11.0 Å². The number of hydrogen-bond donors (Lipinski definition) is 1. The van der Waals surface area contributed by atoms with E-state index in [-0.39, 0.29) is 12.5 Å². The Morgan fingerprint density at radius 3 is 2.77 bits per heavy atom. The maximum Gasteiger partial charge on any atom is 0.336 e. The van der Waals surface area contributed by atoms with Crippen LogP contribution in [-0.2, 0) is 9.53 Å². The highest BCUT2D eigenvalue weighted by molar-refractivity contribution is 5.88. The summed E-state index contributed by atoms with van der Waals surface area (Å²) in [6.07, 6.45) is 0. The number of aryl methyl sites for hydroxylation is 2. The van der Waals surface area contributed by atoms with Crippen molar-refractivity contribution in [3.8, 4) is 5.75 Å². The van der Waals surface area contributed by atoms with Gasteiger partial charge >= 0.3 is 5.63 Å². The van der Waals surface area contributed by atoms with Crippen molar-refractivity contribution in [1.82, 2.24) is 10.2 Å². The number of fused-ring (bicyclic) bond motifs is 1. The molecule has 1 aliphatic rings. The van der Waals surface area contributed by atoms with Gasteiger partial charge < -0.3 is 19.2 Å². The van der Waals surface area contributed by atoms with Gasteiger partial charge in [0.15, 0.2) is 6.61 Å². The van der Waals surface area contributed by atoms with Crippen molar-refractivity contribution >= 4 is 16.9 Å². The van der Waals surface area contributed by atoms with E-state index in [0.29, 0.717) is 17.9 Å². The summed E-state index contributed by atoms with van der Waals surface area (Å²) in [4.78, 5) is 25.9. The van der Waals surface area contributed by atoms with E-state index in [2.05, 4.69) is 10.2 Å². The van der Waals surface area contributed by atoms with E-state index in [0.717, 1.165) is 49.4 Å². The molecule has 1 aromatic carbocycles. The lowest BCUT2D eigenvalue weighted by Gasteiger charge is -2.26. The molecule has 0 radical (unpaired) electrons. The fourth-order valence-electron chi connectivity index (χ4n) is 3.06. The molecule has 1 N–H and O–H groups in total. The Labute approximate surface area is 151 Å². The molecule has 2 aromatic rings. The monoisotopic (exact) mass is 360 g/mol. The van der Waals surface area contributed by atoms with E-state index in [1.54, 1.807) is 6.07 Å². The summed E-state index contributed by atoms with van der Waals surface area (Å²) in [5.41, 5.74) is 1.73. The second kappa shape index (κ2) is 8.33. The first kappa shape index (κ1) is 18.4. The van der Waals surface area contributed by atoms with Crippen molar-refractivity contribution in [1.29, 1.82) is 0 Å². The highest BCUT2D eigenvalue weighted by Crippen LogP contribution is 2.29. The molecule has 1 aliphatic heterocycles. The van der Waals surface area contributed by atoms with Crippen LogP contribution in [0.3, 0.4) is 0 Å². The molecule has 26 heavy (non-hydrogen) atoms. The molecule has 7 heteroatoms. The molecule has 0 bridgehead atoms. The first-order valence-corrected chi connectivity index (χ1v) is 8.77. The highest BCUT2D eigenvalue weighted by Gasteiger charge is 2.13. The lowest BCUT2D eigenvalue weighted by molar-refractivity contribution is -0.123. The summed E-state index contributed by atoms with van der Waals surface area (Å²) in [6.45, 7) is 8.27. The zero-order valence-electron chi connectivity index (χ0n) is 15.2. The average molecular weight is 360 g/mol. The van der Waals surface area contributed by atoms with Gasteiger partial charge in [0.25, 0.3) is 5.91 Å². The Bertz CT molecular complexity index is 840. The van der Waals surface area contributed by atoms with Crippen LogP contribution >= 0.6 is 0 Å². The largest absolute Gasteiger partial charge is 0.483 e. The van der Waals surface area contributed by atoms with E-state index in [9.17, 15) is 9.59 Å². The Kier molecular flexibility index (Phi) is 5.90. The Hall–Kier alpha value is -2.38. The summed E-state index contributed by atoms with van der Waals surface area (Å²) >= 11 is 0. The second-order valence-corrected chi connectivity index (χ2v) is 6.48. The number of carbonyl (C=O) groups is 1. The minimum atomic E-state index is -0.396. The standard InChI is InChI=1S/C19H24N2O5/c1-13-9-15(19-14(2)11-18(23)26-16(19)10-13)25-12-17(22)20-3-4-21-5-7-24-8-6-21/h9-11H,3-8,12H2,1-2H3,(H,20,22). The molecule has 140 valence electrons. The number of carbonyl (C=O) groups excluding carboxylic acids is 1. The van der Waals surface area contributed by atoms with Crippen LogP contribution in [0.5, 0.6) is 5.75 Å². The third-order valence-electron chi connectivity index (χ3n) is 4.36. The van der Waals surface area contributed by atoms with Gasteiger partial charge in [-0.1, -0.05) is 0 Å². The fraction of sp³-hybridized carbons (Fsp3) is 0.474. The summed E-state index contributed by atoms with van der Waals surface area (Å²) in [5.74, 6) is 0.368. The topological polar surface area (TPSA) is 81.0 Å². The number of rotatable bonds is 6. The predicted octanol–water partition coefficient (Wildman–Crippen LogP) is 1.24. The molecule has 1 aromatic heterocycles. The van der Waals surface area contributed by atoms with Gasteiger partial charge in [0.1, 0.15) is 11.3 Å². The molecule has 0 unspecified atom stereocenters.